The van der Waals surface area contributed by atoms with E-state index < -0.39 is 0 Å². The fourth-order valence-corrected chi connectivity index (χ4v) is 2.96. The molecular weight excluding hydrogens is 288 g/mol. The van der Waals surface area contributed by atoms with Crippen LogP contribution in [0.3, 0.4) is 0 Å². The minimum absolute atomic E-state index is 0.0305. The number of rotatable bonds is 5. The molecule has 1 heterocycles. The van der Waals surface area contributed by atoms with Crippen LogP contribution in [-0.4, -0.2) is 25.5 Å². The van der Waals surface area contributed by atoms with Crippen LogP contribution in [0.15, 0.2) is 18.2 Å². The fraction of sp³-hybridized carbons (Fsp3) is 0.500. The summed E-state index contributed by atoms with van der Waals surface area (Å²) in [7, 11) is 0. The number of hydrogen-bond donors (Lipinski definition) is 1. The van der Waals surface area contributed by atoms with Crippen LogP contribution in [0.4, 0.5) is 5.69 Å². The third-order valence-corrected chi connectivity index (χ3v) is 4.29. The van der Waals surface area contributed by atoms with Crippen LogP contribution >= 0.6 is 0 Å². The van der Waals surface area contributed by atoms with E-state index in [2.05, 4.69) is 29.3 Å². The summed E-state index contributed by atoms with van der Waals surface area (Å²) in [6.07, 6.45) is 3.58. The van der Waals surface area contributed by atoms with Gasteiger partial charge in [0.1, 0.15) is 12.1 Å². The molecule has 0 bridgehead atoms. The van der Waals surface area contributed by atoms with Crippen molar-refractivity contribution in [2.75, 3.05) is 24.5 Å². The molecule has 0 atom stereocenters. The third-order valence-electron chi connectivity index (χ3n) is 4.29. The molecule has 2 rings (SSSR count). The second kappa shape index (κ2) is 8.19. The van der Waals surface area contributed by atoms with Gasteiger partial charge in [-0.25, -0.2) is 0 Å². The largest absolute Gasteiger partial charge is 0.369 e. The number of anilines is 1. The monoisotopic (exact) mass is 310 g/mol. The van der Waals surface area contributed by atoms with Crippen LogP contribution < -0.4 is 10.2 Å². The highest BCUT2D eigenvalue weighted by atomic mass is 16.1. The van der Waals surface area contributed by atoms with Gasteiger partial charge in [0.2, 0.25) is 5.91 Å². The van der Waals surface area contributed by atoms with Gasteiger partial charge in [-0.05, 0) is 31.4 Å². The van der Waals surface area contributed by atoms with Gasteiger partial charge in [-0.1, -0.05) is 19.4 Å². The maximum atomic E-state index is 12.1. The highest BCUT2D eigenvalue weighted by molar-refractivity contribution is 5.79. The van der Waals surface area contributed by atoms with Crippen LogP contribution in [0.25, 0.3) is 0 Å². The molecule has 0 spiro atoms. The zero-order chi connectivity index (χ0) is 16.7. The summed E-state index contributed by atoms with van der Waals surface area (Å²) in [4.78, 5) is 14.2. The summed E-state index contributed by atoms with van der Waals surface area (Å²) in [5.41, 5.74) is 1.76. The molecule has 0 aliphatic carbocycles. The van der Waals surface area contributed by atoms with E-state index >= 15 is 0 Å². The summed E-state index contributed by atoms with van der Waals surface area (Å²) in [5, 5.41) is 21.5. The topological polar surface area (TPSA) is 79.9 Å². The second-order valence-electron chi connectivity index (χ2n) is 5.83. The molecule has 1 saturated heterocycles. The first kappa shape index (κ1) is 16.8. The van der Waals surface area contributed by atoms with Crippen molar-refractivity contribution >= 4 is 11.6 Å². The smallest absolute Gasteiger partial charge is 0.223 e. The van der Waals surface area contributed by atoms with Crippen LogP contribution in [-0.2, 0) is 4.79 Å². The van der Waals surface area contributed by atoms with Crippen molar-refractivity contribution in [3.05, 3.63) is 29.3 Å². The summed E-state index contributed by atoms with van der Waals surface area (Å²) in [6, 6.07) is 9.53. The normalized spacial score (nSPS) is 14.8. The van der Waals surface area contributed by atoms with Gasteiger partial charge in [0.05, 0.1) is 16.8 Å². The van der Waals surface area contributed by atoms with E-state index in [-0.39, 0.29) is 11.8 Å². The van der Waals surface area contributed by atoms with Gasteiger partial charge in [0.25, 0.3) is 0 Å². The Labute approximate surface area is 137 Å². The lowest BCUT2D eigenvalue weighted by Gasteiger charge is -2.34. The number of unbranched alkanes of at least 4 members (excludes halogenated alkanes) is 1. The molecule has 1 aliphatic heterocycles. The standard InChI is InChI=1S/C18H22N4O/c1-2-3-9-21-18(23)14-7-10-22(11-8-14)17-15(12-19)5-4-6-16(17)13-20/h4-6,14H,2-3,7-11H2,1H3,(H,21,23). The van der Waals surface area contributed by atoms with E-state index in [0.29, 0.717) is 29.9 Å². The lowest BCUT2D eigenvalue weighted by molar-refractivity contribution is -0.125. The lowest BCUT2D eigenvalue weighted by Crippen LogP contribution is -2.41. The molecule has 1 aromatic rings. The summed E-state index contributed by atoms with van der Waals surface area (Å²) < 4.78 is 0. The van der Waals surface area contributed by atoms with Gasteiger partial charge in [-0.2, -0.15) is 10.5 Å². The molecular formula is C18H22N4O. The lowest BCUT2D eigenvalue weighted by atomic mass is 9.94. The number of carbonyl (C=O) groups excluding carboxylic acids is 1. The molecule has 23 heavy (non-hydrogen) atoms. The van der Waals surface area contributed by atoms with Gasteiger partial charge in [0.15, 0.2) is 0 Å². The summed E-state index contributed by atoms with van der Waals surface area (Å²) in [5.74, 6) is 0.162. The number of benzene rings is 1. The molecule has 1 fully saturated rings. The molecule has 0 saturated carbocycles. The molecule has 0 aromatic heterocycles. The van der Waals surface area contributed by atoms with Crippen LogP contribution in [0.1, 0.15) is 43.7 Å². The maximum Gasteiger partial charge on any atom is 0.223 e. The van der Waals surface area contributed by atoms with Crippen molar-refractivity contribution in [3.63, 3.8) is 0 Å². The minimum atomic E-state index is 0.0305. The Morgan fingerprint density at radius 1 is 1.26 bits per heavy atom. The highest BCUT2D eigenvalue weighted by Gasteiger charge is 2.27. The number of amides is 1. The Balaban J connectivity index is 2.02. The van der Waals surface area contributed by atoms with Gasteiger partial charge in [-0.15, -0.1) is 0 Å². The molecule has 1 amide bonds. The van der Waals surface area contributed by atoms with Crippen LogP contribution in [0, 0.1) is 28.6 Å². The Kier molecular flexibility index (Phi) is 6.00. The molecule has 0 unspecified atom stereocenters. The summed E-state index contributed by atoms with van der Waals surface area (Å²) in [6.45, 7) is 4.23. The number of nitrogens with zero attached hydrogens (tertiary/aromatic N) is 3. The van der Waals surface area contributed by atoms with Crippen LogP contribution in [0.2, 0.25) is 0 Å². The van der Waals surface area contributed by atoms with Crippen molar-refractivity contribution in [2.45, 2.75) is 32.6 Å². The molecule has 5 nitrogen and oxygen atoms in total. The number of piperidine rings is 1. The predicted octanol–water partition coefficient (Wildman–Crippen LogP) is 2.56. The second-order valence-corrected chi connectivity index (χ2v) is 5.83. The van der Waals surface area contributed by atoms with Crippen molar-refractivity contribution in [3.8, 4) is 12.1 Å². The quantitative estimate of drug-likeness (QED) is 0.848. The predicted molar refractivity (Wildman–Crippen MR) is 88.7 cm³/mol. The number of carbonyl (C=O) groups is 1. The Morgan fingerprint density at radius 3 is 2.39 bits per heavy atom. The number of para-hydroxylation sites is 1. The van der Waals surface area contributed by atoms with E-state index in [1.807, 2.05) is 0 Å². The molecule has 120 valence electrons. The van der Waals surface area contributed by atoms with E-state index in [1.165, 1.54) is 0 Å². The average Bonchev–Trinajstić information content (AvgIpc) is 2.61. The first-order chi connectivity index (χ1) is 11.2. The summed E-state index contributed by atoms with van der Waals surface area (Å²) >= 11 is 0. The number of nitrogens with one attached hydrogen (secondary N) is 1. The van der Waals surface area contributed by atoms with E-state index in [0.717, 1.165) is 32.2 Å². The highest BCUT2D eigenvalue weighted by Crippen LogP contribution is 2.29. The third kappa shape index (κ3) is 4.02. The van der Waals surface area contributed by atoms with E-state index in [1.54, 1.807) is 18.2 Å². The van der Waals surface area contributed by atoms with Gasteiger partial charge in [-0.3, -0.25) is 4.79 Å². The SMILES string of the molecule is CCCCNC(=O)C1CCN(c2c(C#N)cccc2C#N)CC1. The molecule has 1 aliphatic rings. The van der Waals surface area contributed by atoms with Crippen molar-refractivity contribution in [2.24, 2.45) is 5.92 Å². The molecule has 5 heteroatoms. The number of nitriles is 2. The zero-order valence-corrected chi connectivity index (χ0v) is 13.5. The average molecular weight is 310 g/mol. The fourth-order valence-electron chi connectivity index (χ4n) is 2.96. The van der Waals surface area contributed by atoms with Gasteiger partial charge < -0.3 is 10.2 Å². The van der Waals surface area contributed by atoms with Crippen molar-refractivity contribution in [1.82, 2.24) is 5.32 Å². The van der Waals surface area contributed by atoms with E-state index in [4.69, 9.17) is 0 Å². The molecule has 0 radical (unpaired) electrons. The van der Waals surface area contributed by atoms with Crippen molar-refractivity contribution in [1.29, 1.82) is 10.5 Å². The Hall–Kier alpha value is -2.53. The Morgan fingerprint density at radius 2 is 1.87 bits per heavy atom. The molecule has 1 aromatic carbocycles. The van der Waals surface area contributed by atoms with Crippen LogP contribution in [0.5, 0.6) is 0 Å². The Bertz CT molecular complexity index is 601. The van der Waals surface area contributed by atoms with Gasteiger partial charge >= 0.3 is 0 Å². The van der Waals surface area contributed by atoms with Gasteiger partial charge in [0, 0.05) is 25.6 Å². The van der Waals surface area contributed by atoms with E-state index in [9.17, 15) is 15.3 Å². The van der Waals surface area contributed by atoms with Crippen molar-refractivity contribution < 1.29 is 4.79 Å². The number of hydrogen-bond acceptors (Lipinski definition) is 4. The first-order valence-electron chi connectivity index (χ1n) is 8.17. The minimum Gasteiger partial charge on any atom is -0.369 e. The first-order valence-corrected chi connectivity index (χ1v) is 8.17. The maximum absolute atomic E-state index is 12.1. The zero-order valence-electron chi connectivity index (χ0n) is 13.5. The molecule has 1 N–H and O–H groups in total.